The average molecular weight is 351 g/mol. The van der Waals surface area contributed by atoms with Crippen molar-refractivity contribution >= 4 is 33.5 Å². The van der Waals surface area contributed by atoms with Crippen molar-refractivity contribution in [3.8, 4) is 5.75 Å². The van der Waals surface area contributed by atoms with Crippen LogP contribution in [-0.4, -0.2) is 18.1 Å². The molecule has 0 amide bonds. The smallest absolute Gasteiger partial charge is 0.163 e. The maximum Gasteiger partial charge on any atom is 0.163 e. The van der Waals surface area contributed by atoms with Crippen LogP contribution < -0.4 is 4.74 Å². The van der Waals surface area contributed by atoms with Crippen molar-refractivity contribution in [2.75, 3.05) is 12.4 Å². The van der Waals surface area contributed by atoms with Gasteiger partial charge in [-0.2, -0.15) is 0 Å². The van der Waals surface area contributed by atoms with Crippen LogP contribution in [0.15, 0.2) is 57.9 Å². The highest BCUT2D eigenvalue weighted by atomic mass is 79.9. The molecular formula is C16H15BrO2S. The molecule has 0 spiro atoms. The molecule has 0 bridgehead atoms. The Labute approximate surface area is 131 Å². The summed E-state index contributed by atoms with van der Waals surface area (Å²) in [7, 11) is 0. The van der Waals surface area contributed by atoms with Gasteiger partial charge in [-0.3, -0.25) is 4.79 Å². The van der Waals surface area contributed by atoms with E-state index >= 15 is 0 Å². The van der Waals surface area contributed by atoms with Crippen LogP contribution in [0.1, 0.15) is 17.3 Å². The number of thioether (sulfide) groups is 1. The Bertz CT molecular complexity index is 584. The molecule has 2 nitrogen and oxygen atoms in total. The molecule has 0 aromatic heterocycles. The van der Waals surface area contributed by atoms with E-state index in [9.17, 15) is 4.79 Å². The normalized spacial score (nSPS) is 10.3. The molecule has 2 rings (SSSR count). The van der Waals surface area contributed by atoms with Crippen molar-refractivity contribution in [3.05, 3.63) is 58.6 Å². The number of ether oxygens (including phenoxy) is 1. The summed E-state index contributed by atoms with van der Waals surface area (Å²) in [5, 5.41) is 0. The summed E-state index contributed by atoms with van der Waals surface area (Å²) < 4.78 is 6.60. The second-order valence-electron chi connectivity index (χ2n) is 4.21. The zero-order chi connectivity index (χ0) is 14.4. The summed E-state index contributed by atoms with van der Waals surface area (Å²) in [5.41, 5.74) is 0.615. The molecule has 20 heavy (non-hydrogen) atoms. The molecule has 0 saturated carbocycles. The lowest BCUT2D eigenvalue weighted by Crippen LogP contribution is -2.04. The molecule has 0 aliphatic heterocycles. The predicted molar refractivity (Wildman–Crippen MR) is 86.8 cm³/mol. The average Bonchev–Trinajstić information content (AvgIpc) is 2.45. The largest absolute Gasteiger partial charge is 0.492 e. The maximum absolute atomic E-state index is 11.6. The highest BCUT2D eigenvalue weighted by Gasteiger charge is 2.09. The van der Waals surface area contributed by atoms with E-state index in [2.05, 4.69) is 28.1 Å². The van der Waals surface area contributed by atoms with Gasteiger partial charge in [-0.05, 0) is 37.3 Å². The summed E-state index contributed by atoms with van der Waals surface area (Å²) in [6, 6.07) is 15.7. The van der Waals surface area contributed by atoms with Crippen molar-refractivity contribution in [2.24, 2.45) is 0 Å². The zero-order valence-electron chi connectivity index (χ0n) is 11.1. The van der Waals surface area contributed by atoms with Crippen LogP contribution in [-0.2, 0) is 0 Å². The van der Waals surface area contributed by atoms with Gasteiger partial charge in [0, 0.05) is 15.1 Å². The minimum Gasteiger partial charge on any atom is -0.492 e. The number of ketones is 1. The first-order valence-electron chi connectivity index (χ1n) is 6.28. The van der Waals surface area contributed by atoms with Crippen molar-refractivity contribution in [3.63, 3.8) is 0 Å². The molecule has 0 heterocycles. The number of carbonyl (C=O) groups excluding carboxylic acids is 1. The van der Waals surface area contributed by atoms with Crippen molar-refractivity contribution in [1.29, 1.82) is 0 Å². The summed E-state index contributed by atoms with van der Waals surface area (Å²) in [6.45, 7) is 2.12. The first-order chi connectivity index (χ1) is 9.66. The Balaban J connectivity index is 1.90. The van der Waals surface area contributed by atoms with E-state index in [0.717, 1.165) is 10.2 Å². The van der Waals surface area contributed by atoms with Gasteiger partial charge in [0.2, 0.25) is 0 Å². The molecule has 2 aromatic rings. The van der Waals surface area contributed by atoms with E-state index in [0.29, 0.717) is 17.9 Å². The lowest BCUT2D eigenvalue weighted by molar-refractivity contribution is 0.101. The molecule has 0 saturated heterocycles. The highest BCUT2D eigenvalue weighted by molar-refractivity contribution is 9.10. The number of carbonyl (C=O) groups is 1. The van der Waals surface area contributed by atoms with Gasteiger partial charge < -0.3 is 4.74 Å². The standard InChI is InChI=1S/C16H15BrO2S/c1-12(18)15-11-13(17)7-8-16(15)19-9-10-20-14-5-3-2-4-6-14/h2-8,11H,9-10H2,1H3. The van der Waals surface area contributed by atoms with Crippen molar-refractivity contribution < 1.29 is 9.53 Å². The second-order valence-corrected chi connectivity index (χ2v) is 6.29. The Morgan fingerprint density at radius 2 is 1.95 bits per heavy atom. The van der Waals surface area contributed by atoms with Crippen LogP contribution in [0.4, 0.5) is 0 Å². The van der Waals surface area contributed by atoms with Gasteiger partial charge in [-0.25, -0.2) is 0 Å². The van der Waals surface area contributed by atoms with Crippen LogP contribution >= 0.6 is 27.7 Å². The molecule has 0 atom stereocenters. The topological polar surface area (TPSA) is 26.3 Å². The quantitative estimate of drug-likeness (QED) is 0.424. The number of rotatable bonds is 6. The van der Waals surface area contributed by atoms with Crippen LogP contribution in [0.5, 0.6) is 5.75 Å². The molecule has 2 aromatic carbocycles. The molecule has 0 unspecified atom stereocenters. The van der Waals surface area contributed by atoms with E-state index in [-0.39, 0.29) is 5.78 Å². The SMILES string of the molecule is CC(=O)c1cc(Br)ccc1OCCSc1ccccc1. The molecule has 0 fully saturated rings. The summed E-state index contributed by atoms with van der Waals surface area (Å²) >= 11 is 5.10. The van der Waals surface area contributed by atoms with Gasteiger partial charge in [0.15, 0.2) is 5.78 Å². The Kier molecular flexibility index (Phi) is 5.68. The van der Waals surface area contributed by atoms with E-state index in [4.69, 9.17) is 4.74 Å². The predicted octanol–water partition coefficient (Wildman–Crippen LogP) is 4.82. The lowest BCUT2D eigenvalue weighted by atomic mass is 10.1. The van der Waals surface area contributed by atoms with Crippen LogP contribution in [0, 0.1) is 0 Å². The zero-order valence-corrected chi connectivity index (χ0v) is 13.5. The first kappa shape index (κ1) is 15.1. The fraction of sp³-hybridized carbons (Fsp3) is 0.188. The Hall–Kier alpha value is -1.26. The molecule has 0 N–H and O–H groups in total. The minimum atomic E-state index is 0.0111. The van der Waals surface area contributed by atoms with Gasteiger partial charge >= 0.3 is 0 Å². The lowest BCUT2D eigenvalue weighted by Gasteiger charge is -2.10. The van der Waals surface area contributed by atoms with Gasteiger partial charge in [-0.1, -0.05) is 34.1 Å². The summed E-state index contributed by atoms with van der Waals surface area (Å²) in [4.78, 5) is 12.8. The summed E-state index contributed by atoms with van der Waals surface area (Å²) in [5.74, 6) is 1.50. The van der Waals surface area contributed by atoms with E-state index < -0.39 is 0 Å². The monoisotopic (exact) mass is 350 g/mol. The number of Topliss-reactive ketones (excluding diaryl/α,β-unsaturated/α-hetero) is 1. The fourth-order valence-electron chi connectivity index (χ4n) is 1.73. The maximum atomic E-state index is 11.6. The first-order valence-corrected chi connectivity index (χ1v) is 8.06. The van der Waals surface area contributed by atoms with Crippen LogP contribution in [0.2, 0.25) is 0 Å². The third-order valence-electron chi connectivity index (χ3n) is 2.67. The highest BCUT2D eigenvalue weighted by Crippen LogP contribution is 2.24. The second kappa shape index (κ2) is 7.50. The van der Waals surface area contributed by atoms with Crippen LogP contribution in [0.25, 0.3) is 0 Å². The minimum absolute atomic E-state index is 0.0111. The molecule has 0 radical (unpaired) electrons. The third-order valence-corrected chi connectivity index (χ3v) is 4.14. The third kappa shape index (κ3) is 4.39. The molecule has 4 heteroatoms. The molecular weight excluding hydrogens is 336 g/mol. The number of halogens is 1. The number of hydrogen-bond donors (Lipinski definition) is 0. The number of benzene rings is 2. The summed E-state index contributed by atoms with van der Waals surface area (Å²) in [6.07, 6.45) is 0. The van der Waals surface area contributed by atoms with Crippen LogP contribution in [0.3, 0.4) is 0 Å². The van der Waals surface area contributed by atoms with E-state index in [1.165, 1.54) is 4.90 Å². The van der Waals surface area contributed by atoms with E-state index in [1.54, 1.807) is 24.8 Å². The Morgan fingerprint density at radius 3 is 2.65 bits per heavy atom. The molecule has 0 aliphatic carbocycles. The van der Waals surface area contributed by atoms with E-state index in [1.807, 2.05) is 30.3 Å². The molecule has 0 aliphatic rings. The molecule has 104 valence electrons. The number of hydrogen-bond acceptors (Lipinski definition) is 3. The Morgan fingerprint density at radius 1 is 1.20 bits per heavy atom. The van der Waals surface area contributed by atoms with Gasteiger partial charge in [0.05, 0.1) is 12.2 Å². The van der Waals surface area contributed by atoms with Gasteiger partial charge in [0.25, 0.3) is 0 Å². The van der Waals surface area contributed by atoms with Crippen molar-refractivity contribution in [1.82, 2.24) is 0 Å². The van der Waals surface area contributed by atoms with Gasteiger partial charge in [-0.15, -0.1) is 11.8 Å². The fourth-order valence-corrected chi connectivity index (χ4v) is 2.84. The van der Waals surface area contributed by atoms with Crippen molar-refractivity contribution in [2.45, 2.75) is 11.8 Å². The van der Waals surface area contributed by atoms with Gasteiger partial charge in [0.1, 0.15) is 5.75 Å².